The van der Waals surface area contributed by atoms with Gasteiger partial charge in [0.1, 0.15) is 11.2 Å². The molecule has 0 aliphatic heterocycles. The minimum Gasteiger partial charge on any atom is -0.479 e. The maximum Gasteiger partial charge on any atom is 0.269 e. The number of pyridine rings is 2. The van der Waals surface area contributed by atoms with Crippen molar-refractivity contribution in [1.82, 2.24) is 30.0 Å². The number of hydrogen-bond donors (Lipinski definition) is 2. The minimum atomic E-state index is -0.389. The fourth-order valence-electron chi connectivity index (χ4n) is 2.82. The Morgan fingerprint density at radius 2 is 1.97 bits per heavy atom. The molecule has 0 radical (unpaired) electrons. The average Bonchev–Trinajstić information content (AvgIpc) is 3.38. The number of anilines is 1. The van der Waals surface area contributed by atoms with Crippen LogP contribution in [0.5, 0.6) is 5.88 Å². The van der Waals surface area contributed by atoms with E-state index in [1.165, 1.54) is 43.8 Å². The van der Waals surface area contributed by atoms with E-state index in [1.807, 2.05) is 13.2 Å². The Morgan fingerprint density at radius 3 is 2.60 bits per heavy atom. The molecule has 0 saturated heterocycles. The Morgan fingerprint density at radius 1 is 1.13 bits per heavy atom. The number of carbonyl (C=O) groups excluding carboxylic acids is 2. The number of nitrogens with zero attached hydrogens (tertiary/aromatic N) is 5. The summed E-state index contributed by atoms with van der Waals surface area (Å²) < 4.78 is 7.84. The summed E-state index contributed by atoms with van der Waals surface area (Å²) in [6.07, 6.45) is 6.65. The first-order chi connectivity index (χ1) is 14.5. The van der Waals surface area contributed by atoms with Crippen LogP contribution in [0.3, 0.4) is 0 Å². The van der Waals surface area contributed by atoms with Gasteiger partial charge in [-0.3, -0.25) is 24.6 Å². The van der Waals surface area contributed by atoms with E-state index in [0.717, 1.165) is 15.8 Å². The summed E-state index contributed by atoms with van der Waals surface area (Å²) in [4.78, 5) is 37.0. The van der Waals surface area contributed by atoms with Crippen LogP contribution in [0.4, 0.5) is 5.13 Å². The first-order valence-corrected chi connectivity index (χ1v) is 9.64. The van der Waals surface area contributed by atoms with Crippen molar-refractivity contribution in [3.05, 3.63) is 48.2 Å². The first-order valence-electron chi connectivity index (χ1n) is 8.82. The van der Waals surface area contributed by atoms with E-state index in [9.17, 15) is 9.59 Å². The number of thiazole rings is 1. The Kier molecular flexibility index (Phi) is 5.11. The summed E-state index contributed by atoms with van der Waals surface area (Å²) in [5.74, 6) is -0.346. The molecule has 152 valence electrons. The normalized spacial score (nSPS) is 10.8. The van der Waals surface area contributed by atoms with E-state index in [2.05, 4.69) is 30.7 Å². The van der Waals surface area contributed by atoms with Crippen molar-refractivity contribution in [2.75, 3.05) is 19.5 Å². The van der Waals surface area contributed by atoms with E-state index in [1.54, 1.807) is 17.1 Å². The van der Waals surface area contributed by atoms with Crippen molar-refractivity contribution < 1.29 is 14.3 Å². The zero-order valence-electron chi connectivity index (χ0n) is 16.3. The summed E-state index contributed by atoms with van der Waals surface area (Å²) in [6, 6.07) is 3.02. The molecule has 0 saturated carbocycles. The van der Waals surface area contributed by atoms with Crippen LogP contribution >= 0.6 is 11.3 Å². The lowest BCUT2D eigenvalue weighted by Crippen LogP contribution is -2.20. The minimum absolute atomic E-state index is 0.228. The standard InChI is InChI=1S/C19H17N7O3S/c1-20-17(28)13-5-4-10(6-21-13)16(27)25-19-24-14-15(30-19)12(8-22-18(14)29-3)11-7-23-26(2)9-11/h4-9H,1-3H3,(H,20,28)(H,24,25,27). The van der Waals surface area contributed by atoms with Gasteiger partial charge in [-0.1, -0.05) is 11.3 Å². The van der Waals surface area contributed by atoms with Crippen molar-refractivity contribution in [1.29, 1.82) is 0 Å². The third-order valence-corrected chi connectivity index (χ3v) is 5.30. The Bertz CT molecular complexity index is 1250. The van der Waals surface area contributed by atoms with Crippen molar-refractivity contribution in [2.45, 2.75) is 0 Å². The van der Waals surface area contributed by atoms with E-state index < -0.39 is 0 Å². The Labute approximate surface area is 174 Å². The van der Waals surface area contributed by atoms with Gasteiger partial charge < -0.3 is 10.1 Å². The van der Waals surface area contributed by atoms with Gasteiger partial charge in [0.05, 0.1) is 23.6 Å². The van der Waals surface area contributed by atoms with E-state index >= 15 is 0 Å². The Hall–Kier alpha value is -3.86. The third-order valence-electron chi connectivity index (χ3n) is 4.30. The maximum absolute atomic E-state index is 12.6. The third kappa shape index (κ3) is 3.57. The average molecular weight is 423 g/mol. The zero-order valence-corrected chi connectivity index (χ0v) is 17.1. The van der Waals surface area contributed by atoms with Gasteiger partial charge in [0.25, 0.3) is 11.8 Å². The highest BCUT2D eigenvalue weighted by atomic mass is 32.1. The summed E-state index contributed by atoms with van der Waals surface area (Å²) in [5.41, 5.74) is 2.80. The molecular weight excluding hydrogens is 406 g/mol. The molecule has 0 atom stereocenters. The number of methoxy groups -OCH3 is 1. The molecule has 4 heterocycles. The molecule has 10 nitrogen and oxygen atoms in total. The van der Waals surface area contributed by atoms with Crippen molar-refractivity contribution in [3.8, 4) is 17.0 Å². The molecule has 0 bridgehead atoms. The number of fused-ring (bicyclic) bond motifs is 1. The van der Waals surface area contributed by atoms with Crippen LogP contribution in [0.15, 0.2) is 36.9 Å². The fraction of sp³-hybridized carbons (Fsp3) is 0.158. The number of aryl methyl sites for hydroxylation is 1. The highest BCUT2D eigenvalue weighted by Crippen LogP contribution is 2.38. The van der Waals surface area contributed by atoms with Gasteiger partial charge in [-0.2, -0.15) is 5.10 Å². The Balaban J connectivity index is 1.66. The molecule has 0 aliphatic carbocycles. The van der Waals surface area contributed by atoms with Crippen LogP contribution in [0, 0.1) is 0 Å². The van der Waals surface area contributed by atoms with Gasteiger partial charge >= 0.3 is 0 Å². The molecule has 11 heteroatoms. The molecule has 4 aromatic rings. The number of ether oxygens (including phenoxy) is 1. The second kappa shape index (κ2) is 7.87. The summed E-state index contributed by atoms with van der Waals surface area (Å²) in [5, 5.41) is 9.84. The van der Waals surface area contributed by atoms with Gasteiger partial charge in [-0.05, 0) is 12.1 Å². The second-order valence-corrected chi connectivity index (χ2v) is 7.25. The van der Waals surface area contributed by atoms with Gasteiger partial charge in [-0.25, -0.2) is 9.97 Å². The molecule has 30 heavy (non-hydrogen) atoms. The monoisotopic (exact) mass is 423 g/mol. The van der Waals surface area contributed by atoms with Crippen molar-refractivity contribution in [3.63, 3.8) is 0 Å². The number of nitrogens with one attached hydrogen (secondary N) is 2. The van der Waals surface area contributed by atoms with Gasteiger partial charge in [-0.15, -0.1) is 0 Å². The highest BCUT2D eigenvalue weighted by Gasteiger charge is 2.18. The van der Waals surface area contributed by atoms with E-state index in [0.29, 0.717) is 22.1 Å². The lowest BCUT2D eigenvalue weighted by molar-refractivity contribution is 0.0955. The van der Waals surface area contributed by atoms with Gasteiger partial charge in [0, 0.05) is 43.8 Å². The van der Waals surface area contributed by atoms with E-state index in [4.69, 9.17) is 4.74 Å². The molecule has 4 rings (SSSR count). The smallest absolute Gasteiger partial charge is 0.269 e. The molecule has 0 spiro atoms. The van der Waals surface area contributed by atoms with Crippen molar-refractivity contribution >= 4 is 38.5 Å². The quantitative estimate of drug-likeness (QED) is 0.504. The van der Waals surface area contributed by atoms with Crippen LogP contribution in [-0.2, 0) is 7.05 Å². The number of carbonyl (C=O) groups is 2. The largest absolute Gasteiger partial charge is 0.479 e. The number of rotatable bonds is 5. The molecule has 0 aromatic carbocycles. The van der Waals surface area contributed by atoms with Gasteiger partial charge in [0.2, 0.25) is 5.88 Å². The summed E-state index contributed by atoms with van der Waals surface area (Å²) in [7, 11) is 4.86. The highest BCUT2D eigenvalue weighted by molar-refractivity contribution is 7.23. The zero-order chi connectivity index (χ0) is 21.3. The molecule has 0 fully saturated rings. The van der Waals surface area contributed by atoms with Crippen LogP contribution in [0.25, 0.3) is 21.3 Å². The van der Waals surface area contributed by atoms with Gasteiger partial charge in [0.15, 0.2) is 5.13 Å². The van der Waals surface area contributed by atoms with E-state index in [-0.39, 0.29) is 17.5 Å². The van der Waals surface area contributed by atoms with Crippen LogP contribution in [0.1, 0.15) is 20.8 Å². The summed E-state index contributed by atoms with van der Waals surface area (Å²) in [6.45, 7) is 0. The molecule has 2 N–H and O–H groups in total. The SMILES string of the molecule is CNC(=O)c1ccc(C(=O)Nc2nc3c(OC)ncc(-c4cnn(C)c4)c3s2)cn1. The number of hydrogen-bond acceptors (Lipinski definition) is 8. The second-order valence-electron chi connectivity index (χ2n) is 6.25. The first kappa shape index (κ1) is 19.5. The lowest BCUT2D eigenvalue weighted by Gasteiger charge is -2.02. The van der Waals surface area contributed by atoms with Crippen LogP contribution in [-0.4, -0.2) is 50.7 Å². The molecule has 0 unspecified atom stereocenters. The maximum atomic E-state index is 12.6. The number of aromatic nitrogens is 5. The topological polar surface area (TPSA) is 124 Å². The van der Waals surface area contributed by atoms with Crippen molar-refractivity contribution in [2.24, 2.45) is 7.05 Å². The lowest BCUT2D eigenvalue weighted by atomic mass is 10.1. The fourth-order valence-corrected chi connectivity index (χ4v) is 3.80. The molecule has 2 amide bonds. The van der Waals surface area contributed by atoms with Crippen LogP contribution in [0.2, 0.25) is 0 Å². The molecular formula is C19H17N7O3S. The van der Waals surface area contributed by atoms with Crippen LogP contribution < -0.4 is 15.4 Å². The predicted octanol–water partition coefficient (Wildman–Crippen LogP) is 2.11. The molecule has 0 aliphatic rings. The molecule has 4 aromatic heterocycles. The number of amides is 2. The predicted molar refractivity (Wildman–Crippen MR) is 112 cm³/mol. The summed E-state index contributed by atoms with van der Waals surface area (Å²) >= 11 is 1.31.